The van der Waals surface area contributed by atoms with Gasteiger partial charge in [0.2, 0.25) is 0 Å². The zero-order chi connectivity index (χ0) is 16.5. The summed E-state index contributed by atoms with van der Waals surface area (Å²) in [5, 5.41) is 6.08. The minimum Gasteiger partial charge on any atom is -0.385 e. The maximum atomic E-state index is 12.8. The van der Waals surface area contributed by atoms with Crippen LogP contribution in [0, 0.1) is 5.82 Å². The van der Waals surface area contributed by atoms with E-state index in [1.54, 1.807) is 24.4 Å². The molecule has 5 heteroatoms. The summed E-state index contributed by atoms with van der Waals surface area (Å²) in [6, 6.07) is 9.64. The molecule has 0 unspecified atom stereocenters. The lowest BCUT2D eigenvalue weighted by atomic mass is 10.2. The van der Waals surface area contributed by atoms with Gasteiger partial charge in [0.05, 0.1) is 0 Å². The number of anilines is 1. The third kappa shape index (κ3) is 5.70. The lowest BCUT2D eigenvalue weighted by Crippen LogP contribution is -2.23. The van der Waals surface area contributed by atoms with Crippen LogP contribution in [0.4, 0.5) is 10.1 Å². The Labute approximate surface area is 136 Å². The van der Waals surface area contributed by atoms with E-state index in [9.17, 15) is 9.18 Å². The van der Waals surface area contributed by atoms with E-state index in [2.05, 4.69) is 22.5 Å². The first-order valence-corrected chi connectivity index (χ1v) is 7.91. The molecule has 0 atom stereocenters. The second-order valence-electron chi connectivity index (χ2n) is 5.37. The molecule has 1 heterocycles. The molecule has 122 valence electrons. The summed E-state index contributed by atoms with van der Waals surface area (Å²) in [6.07, 6.45) is 5.08. The second kappa shape index (κ2) is 8.88. The van der Waals surface area contributed by atoms with Crippen LogP contribution >= 0.6 is 0 Å². The number of unbranched alkanes of at least 4 members (excludes halogenated alkanes) is 2. The number of hydrogen-bond donors (Lipinski definition) is 2. The molecule has 1 amide bonds. The molecule has 1 aromatic heterocycles. The highest BCUT2D eigenvalue weighted by atomic mass is 19.1. The molecule has 0 aliphatic heterocycles. The van der Waals surface area contributed by atoms with Crippen molar-refractivity contribution in [2.75, 3.05) is 11.9 Å². The fourth-order valence-corrected chi connectivity index (χ4v) is 2.15. The van der Waals surface area contributed by atoms with Crippen molar-refractivity contribution in [3.63, 3.8) is 0 Å². The van der Waals surface area contributed by atoms with E-state index in [1.165, 1.54) is 25.0 Å². The van der Waals surface area contributed by atoms with Gasteiger partial charge >= 0.3 is 0 Å². The summed E-state index contributed by atoms with van der Waals surface area (Å²) < 4.78 is 12.8. The van der Waals surface area contributed by atoms with Crippen molar-refractivity contribution in [3.05, 3.63) is 59.7 Å². The Balaban J connectivity index is 1.87. The fourth-order valence-electron chi connectivity index (χ4n) is 2.15. The van der Waals surface area contributed by atoms with Crippen LogP contribution in [-0.4, -0.2) is 17.4 Å². The van der Waals surface area contributed by atoms with Crippen LogP contribution in [0.5, 0.6) is 0 Å². The number of carbonyl (C=O) groups is 1. The summed E-state index contributed by atoms with van der Waals surface area (Å²) >= 11 is 0. The summed E-state index contributed by atoms with van der Waals surface area (Å²) in [6.45, 7) is 3.39. The van der Waals surface area contributed by atoms with E-state index in [1.807, 2.05) is 6.07 Å². The Hall–Kier alpha value is -2.43. The van der Waals surface area contributed by atoms with Crippen molar-refractivity contribution in [2.45, 2.75) is 32.7 Å². The van der Waals surface area contributed by atoms with Gasteiger partial charge in [-0.2, -0.15) is 0 Å². The quantitative estimate of drug-likeness (QED) is 0.729. The molecule has 0 radical (unpaired) electrons. The molecule has 0 fully saturated rings. The second-order valence-corrected chi connectivity index (χ2v) is 5.37. The Morgan fingerprint density at radius 1 is 1.17 bits per heavy atom. The van der Waals surface area contributed by atoms with Crippen molar-refractivity contribution >= 4 is 11.6 Å². The fraction of sp³-hybridized carbons (Fsp3) is 0.333. The van der Waals surface area contributed by atoms with Crippen LogP contribution in [0.2, 0.25) is 0 Å². The summed E-state index contributed by atoms with van der Waals surface area (Å²) in [4.78, 5) is 16.2. The third-order valence-electron chi connectivity index (χ3n) is 3.47. The number of nitrogens with one attached hydrogen (secondary N) is 2. The maximum absolute atomic E-state index is 12.8. The number of rotatable bonds is 8. The molecule has 4 nitrogen and oxygen atoms in total. The van der Waals surface area contributed by atoms with Gasteiger partial charge in [-0.1, -0.05) is 31.9 Å². The number of pyridine rings is 1. The van der Waals surface area contributed by atoms with Gasteiger partial charge in [-0.25, -0.2) is 4.39 Å². The van der Waals surface area contributed by atoms with Crippen LogP contribution < -0.4 is 10.6 Å². The van der Waals surface area contributed by atoms with Crippen LogP contribution in [0.25, 0.3) is 0 Å². The van der Waals surface area contributed by atoms with E-state index >= 15 is 0 Å². The summed E-state index contributed by atoms with van der Waals surface area (Å²) in [5.74, 6) is -0.532. The van der Waals surface area contributed by atoms with E-state index < -0.39 is 0 Å². The molecule has 23 heavy (non-hydrogen) atoms. The molecule has 1 aromatic carbocycles. The standard InChI is InChI=1S/C18H22FN3O/c1-2-3-4-10-20-16-9-11-21-17(12-16)18(23)22-13-14-5-7-15(19)8-6-14/h5-9,11-12H,2-4,10,13H2,1H3,(H,20,21)(H,22,23). The first-order valence-electron chi connectivity index (χ1n) is 7.91. The first-order chi connectivity index (χ1) is 11.2. The van der Waals surface area contributed by atoms with Gasteiger partial charge < -0.3 is 10.6 Å². The molecule has 0 saturated heterocycles. The van der Waals surface area contributed by atoms with E-state index in [0.29, 0.717) is 12.2 Å². The molecule has 0 aliphatic rings. The average Bonchev–Trinajstić information content (AvgIpc) is 2.58. The van der Waals surface area contributed by atoms with Crippen molar-refractivity contribution in [1.29, 1.82) is 0 Å². The Morgan fingerprint density at radius 2 is 1.96 bits per heavy atom. The molecule has 0 spiro atoms. The van der Waals surface area contributed by atoms with Gasteiger partial charge in [0.1, 0.15) is 11.5 Å². The molecule has 0 bridgehead atoms. The highest BCUT2D eigenvalue weighted by Gasteiger charge is 2.07. The minimum atomic E-state index is -0.288. The SMILES string of the molecule is CCCCCNc1ccnc(C(=O)NCc2ccc(F)cc2)c1. The number of hydrogen-bond acceptors (Lipinski definition) is 3. The molecule has 0 saturated carbocycles. The lowest BCUT2D eigenvalue weighted by Gasteiger charge is -2.08. The first kappa shape index (κ1) is 16.9. The molecule has 2 rings (SSSR count). The Morgan fingerprint density at radius 3 is 2.70 bits per heavy atom. The van der Waals surface area contributed by atoms with E-state index in [4.69, 9.17) is 0 Å². The predicted molar refractivity (Wildman–Crippen MR) is 89.8 cm³/mol. The third-order valence-corrected chi connectivity index (χ3v) is 3.47. The van der Waals surface area contributed by atoms with Crippen molar-refractivity contribution in [3.8, 4) is 0 Å². The van der Waals surface area contributed by atoms with Crippen molar-refractivity contribution < 1.29 is 9.18 Å². The largest absolute Gasteiger partial charge is 0.385 e. The van der Waals surface area contributed by atoms with Gasteiger partial charge in [0.15, 0.2) is 0 Å². The monoisotopic (exact) mass is 315 g/mol. The molecule has 2 N–H and O–H groups in total. The van der Waals surface area contributed by atoms with E-state index in [-0.39, 0.29) is 11.7 Å². The van der Waals surface area contributed by atoms with Crippen molar-refractivity contribution in [1.82, 2.24) is 10.3 Å². The zero-order valence-corrected chi connectivity index (χ0v) is 13.3. The van der Waals surface area contributed by atoms with Gasteiger partial charge in [0, 0.05) is 25.0 Å². The topological polar surface area (TPSA) is 54.0 Å². The smallest absolute Gasteiger partial charge is 0.270 e. The number of aromatic nitrogens is 1. The number of amides is 1. The predicted octanol–water partition coefficient (Wildman–Crippen LogP) is 3.75. The summed E-state index contributed by atoms with van der Waals surface area (Å²) in [7, 11) is 0. The number of nitrogens with zero attached hydrogens (tertiary/aromatic N) is 1. The van der Waals surface area contributed by atoms with Crippen LogP contribution in [0.3, 0.4) is 0 Å². The zero-order valence-electron chi connectivity index (χ0n) is 13.3. The Bertz CT molecular complexity index is 628. The normalized spacial score (nSPS) is 10.3. The minimum absolute atomic E-state index is 0.244. The lowest BCUT2D eigenvalue weighted by molar-refractivity contribution is 0.0946. The van der Waals surface area contributed by atoms with Gasteiger partial charge in [-0.15, -0.1) is 0 Å². The van der Waals surface area contributed by atoms with Gasteiger partial charge in [-0.05, 0) is 36.2 Å². The molecular formula is C18H22FN3O. The van der Waals surface area contributed by atoms with Crippen LogP contribution in [0.1, 0.15) is 42.2 Å². The van der Waals surface area contributed by atoms with Gasteiger partial charge in [-0.3, -0.25) is 9.78 Å². The average molecular weight is 315 g/mol. The van der Waals surface area contributed by atoms with Gasteiger partial charge in [0.25, 0.3) is 5.91 Å². The number of halogens is 1. The maximum Gasteiger partial charge on any atom is 0.270 e. The van der Waals surface area contributed by atoms with Crippen LogP contribution in [-0.2, 0) is 6.54 Å². The van der Waals surface area contributed by atoms with E-state index in [0.717, 1.165) is 24.2 Å². The number of benzene rings is 1. The van der Waals surface area contributed by atoms with Crippen molar-refractivity contribution in [2.24, 2.45) is 0 Å². The highest BCUT2D eigenvalue weighted by molar-refractivity contribution is 5.93. The molecular weight excluding hydrogens is 293 g/mol. The summed E-state index contributed by atoms with van der Waals surface area (Å²) in [5.41, 5.74) is 2.10. The Kier molecular flexibility index (Phi) is 6.54. The number of carbonyl (C=O) groups excluding carboxylic acids is 1. The molecule has 0 aliphatic carbocycles. The molecule has 2 aromatic rings. The van der Waals surface area contributed by atoms with Crippen LogP contribution in [0.15, 0.2) is 42.6 Å². The highest BCUT2D eigenvalue weighted by Crippen LogP contribution is 2.09.